The summed E-state index contributed by atoms with van der Waals surface area (Å²) in [6.07, 6.45) is 4.54. The maximum absolute atomic E-state index is 12.8. The number of nitrogen functional groups attached to an aromatic ring is 1. The molecule has 0 unspecified atom stereocenters. The molecule has 0 radical (unpaired) electrons. The van der Waals surface area contributed by atoms with Crippen molar-refractivity contribution in [2.45, 2.75) is 38.3 Å². The maximum Gasteiger partial charge on any atom is 0.244 e. The molecule has 8 nitrogen and oxygen atoms in total. The SMILES string of the molecule is Nc1nnnn1CC(=O)N1C[C@H]2CC[C@@H]1CN(CCCc1ccccc1)C2. The summed E-state index contributed by atoms with van der Waals surface area (Å²) in [6, 6.07) is 10.9. The number of nitrogens with zero attached hydrogens (tertiary/aromatic N) is 6. The van der Waals surface area contributed by atoms with E-state index in [9.17, 15) is 4.79 Å². The minimum atomic E-state index is 0.0647. The normalized spacial score (nSPS) is 22.7. The molecule has 3 saturated heterocycles. The Bertz CT molecular complexity index is 762. The lowest BCUT2D eigenvalue weighted by Gasteiger charge is -2.36. The highest BCUT2D eigenvalue weighted by Gasteiger charge is 2.37. The molecule has 3 fully saturated rings. The van der Waals surface area contributed by atoms with E-state index in [0.717, 1.165) is 45.4 Å². The fraction of sp³-hybridized carbons (Fsp3) is 0.579. The van der Waals surface area contributed by atoms with Gasteiger partial charge in [0.25, 0.3) is 0 Å². The molecular weight excluding hydrogens is 342 g/mol. The summed E-state index contributed by atoms with van der Waals surface area (Å²) >= 11 is 0. The number of nitrogens with two attached hydrogens (primary N) is 1. The van der Waals surface area contributed by atoms with Crippen LogP contribution in [-0.4, -0.2) is 68.1 Å². The number of anilines is 1. The van der Waals surface area contributed by atoms with E-state index in [2.05, 4.69) is 50.8 Å². The number of hydrogen-bond donors (Lipinski definition) is 1. The molecule has 27 heavy (non-hydrogen) atoms. The molecule has 3 aliphatic rings. The molecule has 1 amide bonds. The van der Waals surface area contributed by atoms with Gasteiger partial charge in [-0.1, -0.05) is 35.4 Å². The molecule has 8 heteroatoms. The molecule has 1 aromatic carbocycles. The van der Waals surface area contributed by atoms with Crippen LogP contribution in [0.1, 0.15) is 24.8 Å². The highest BCUT2D eigenvalue weighted by atomic mass is 16.2. The van der Waals surface area contributed by atoms with Gasteiger partial charge in [0, 0.05) is 25.7 Å². The van der Waals surface area contributed by atoms with Crippen LogP contribution in [0.5, 0.6) is 0 Å². The van der Waals surface area contributed by atoms with Crippen LogP contribution < -0.4 is 5.73 Å². The standard InChI is InChI=1S/C19H27N7O/c20-19-21-22-23-26(19)14-18(27)25-12-16-8-9-17(25)13-24(11-16)10-4-7-15-5-2-1-3-6-15/h1-3,5-6,16-17H,4,7-14H2,(H2,20,21,23)/t16-,17+/m0/s1. The second-order valence-electron chi connectivity index (χ2n) is 7.69. The van der Waals surface area contributed by atoms with E-state index in [1.54, 1.807) is 0 Å². The van der Waals surface area contributed by atoms with Crippen molar-refractivity contribution < 1.29 is 4.79 Å². The molecule has 2 atom stereocenters. The van der Waals surface area contributed by atoms with Crippen LogP contribution in [0.25, 0.3) is 0 Å². The Kier molecular flexibility index (Phi) is 5.33. The summed E-state index contributed by atoms with van der Waals surface area (Å²) in [5, 5.41) is 11.0. The number of fused-ring (bicyclic) bond motifs is 4. The van der Waals surface area contributed by atoms with E-state index >= 15 is 0 Å². The highest BCUT2D eigenvalue weighted by molar-refractivity contribution is 5.76. The van der Waals surface area contributed by atoms with Crippen LogP contribution in [0.15, 0.2) is 30.3 Å². The van der Waals surface area contributed by atoms with Crippen LogP contribution in [0.4, 0.5) is 5.95 Å². The third kappa shape index (κ3) is 4.27. The minimum Gasteiger partial charge on any atom is -0.367 e. The van der Waals surface area contributed by atoms with Gasteiger partial charge in [-0.05, 0) is 54.1 Å². The zero-order valence-corrected chi connectivity index (χ0v) is 15.6. The number of carbonyl (C=O) groups excluding carboxylic acids is 1. The number of aryl methyl sites for hydroxylation is 1. The molecule has 3 aliphatic heterocycles. The van der Waals surface area contributed by atoms with Gasteiger partial charge >= 0.3 is 0 Å². The van der Waals surface area contributed by atoms with Gasteiger partial charge in [-0.15, -0.1) is 0 Å². The third-order valence-corrected chi connectivity index (χ3v) is 5.74. The van der Waals surface area contributed by atoms with E-state index in [4.69, 9.17) is 5.73 Å². The lowest BCUT2D eigenvalue weighted by atomic mass is 9.95. The zero-order chi connectivity index (χ0) is 18.6. The van der Waals surface area contributed by atoms with Crippen molar-refractivity contribution in [1.82, 2.24) is 30.0 Å². The number of piperidine rings is 1. The van der Waals surface area contributed by atoms with Crippen LogP contribution in [0, 0.1) is 5.92 Å². The van der Waals surface area contributed by atoms with Gasteiger partial charge in [0.15, 0.2) is 0 Å². The van der Waals surface area contributed by atoms with Gasteiger partial charge in [0.1, 0.15) is 6.54 Å². The summed E-state index contributed by atoms with van der Waals surface area (Å²) in [4.78, 5) is 17.4. The number of carbonyl (C=O) groups is 1. The van der Waals surface area contributed by atoms with Crippen molar-refractivity contribution in [2.24, 2.45) is 5.92 Å². The summed E-state index contributed by atoms with van der Waals surface area (Å²) < 4.78 is 1.37. The molecule has 2 N–H and O–H groups in total. The molecular formula is C19H27N7O. The number of hydrogen-bond acceptors (Lipinski definition) is 6. The van der Waals surface area contributed by atoms with Gasteiger partial charge in [0.2, 0.25) is 11.9 Å². The predicted octanol–water partition coefficient (Wildman–Crippen LogP) is 0.811. The molecule has 5 rings (SSSR count). The van der Waals surface area contributed by atoms with Crippen molar-refractivity contribution in [3.63, 3.8) is 0 Å². The molecule has 4 heterocycles. The van der Waals surface area contributed by atoms with Gasteiger partial charge in [-0.3, -0.25) is 4.79 Å². The minimum absolute atomic E-state index is 0.0647. The fourth-order valence-electron chi connectivity index (χ4n) is 4.36. The van der Waals surface area contributed by atoms with Crippen LogP contribution in [-0.2, 0) is 17.8 Å². The van der Waals surface area contributed by atoms with Crippen LogP contribution in [0.3, 0.4) is 0 Å². The van der Waals surface area contributed by atoms with Crippen molar-refractivity contribution in [3.8, 4) is 0 Å². The van der Waals surface area contributed by atoms with Crippen LogP contribution in [0.2, 0.25) is 0 Å². The average molecular weight is 369 g/mol. The first-order valence-corrected chi connectivity index (χ1v) is 9.76. The summed E-state index contributed by atoms with van der Waals surface area (Å²) in [5.41, 5.74) is 7.09. The van der Waals surface area contributed by atoms with Crippen molar-refractivity contribution in [3.05, 3.63) is 35.9 Å². The van der Waals surface area contributed by atoms with Crippen molar-refractivity contribution >= 4 is 11.9 Å². The Morgan fingerprint density at radius 1 is 1.15 bits per heavy atom. The second-order valence-corrected chi connectivity index (χ2v) is 7.69. The lowest BCUT2D eigenvalue weighted by Crippen LogP contribution is -2.48. The molecule has 0 aliphatic carbocycles. The van der Waals surface area contributed by atoms with E-state index in [1.807, 2.05) is 4.90 Å². The first-order chi connectivity index (χ1) is 13.2. The number of benzene rings is 1. The van der Waals surface area contributed by atoms with E-state index in [-0.39, 0.29) is 24.4 Å². The van der Waals surface area contributed by atoms with Crippen LogP contribution >= 0.6 is 0 Å². The Balaban J connectivity index is 1.33. The first-order valence-electron chi connectivity index (χ1n) is 9.76. The molecule has 0 spiro atoms. The van der Waals surface area contributed by atoms with Gasteiger partial charge in [-0.25, -0.2) is 4.68 Å². The molecule has 144 valence electrons. The van der Waals surface area contributed by atoms with Crippen molar-refractivity contribution in [2.75, 3.05) is 31.9 Å². The quantitative estimate of drug-likeness (QED) is 0.810. The highest BCUT2D eigenvalue weighted by Crippen LogP contribution is 2.28. The van der Waals surface area contributed by atoms with Crippen molar-refractivity contribution in [1.29, 1.82) is 0 Å². The predicted molar refractivity (Wildman–Crippen MR) is 102 cm³/mol. The number of amides is 1. The number of aromatic nitrogens is 4. The van der Waals surface area contributed by atoms with E-state index in [1.165, 1.54) is 16.7 Å². The second kappa shape index (κ2) is 8.04. The van der Waals surface area contributed by atoms with Gasteiger partial charge in [-0.2, -0.15) is 0 Å². The Hall–Kier alpha value is -2.48. The Morgan fingerprint density at radius 2 is 2.00 bits per heavy atom. The largest absolute Gasteiger partial charge is 0.367 e. The fourth-order valence-corrected chi connectivity index (χ4v) is 4.36. The van der Waals surface area contributed by atoms with Gasteiger partial charge < -0.3 is 15.5 Å². The average Bonchev–Trinajstić information content (AvgIpc) is 2.89. The molecule has 2 bridgehead atoms. The Labute approximate surface area is 159 Å². The lowest BCUT2D eigenvalue weighted by molar-refractivity contribution is -0.136. The smallest absolute Gasteiger partial charge is 0.244 e. The topological polar surface area (TPSA) is 93.2 Å². The molecule has 0 saturated carbocycles. The molecule has 2 aromatic rings. The monoisotopic (exact) mass is 369 g/mol. The van der Waals surface area contributed by atoms with E-state index < -0.39 is 0 Å². The number of tetrazole rings is 1. The molecule has 1 aromatic heterocycles. The summed E-state index contributed by atoms with van der Waals surface area (Å²) in [7, 11) is 0. The first kappa shape index (κ1) is 17.9. The maximum atomic E-state index is 12.8. The summed E-state index contributed by atoms with van der Waals surface area (Å²) in [5.74, 6) is 0.802. The number of rotatable bonds is 6. The van der Waals surface area contributed by atoms with E-state index in [0.29, 0.717) is 5.92 Å². The van der Waals surface area contributed by atoms with Gasteiger partial charge in [0.05, 0.1) is 0 Å². The zero-order valence-electron chi connectivity index (χ0n) is 15.6. The third-order valence-electron chi connectivity index (χ3n) is 5.74. The Morgan fingerprint density at radius 3 is 2.78 bits per heavy atom. The summed E-state index contributed by atoms with van der Waals surface area (Å²) in [6.45, 7) is 4.09.